The minimum atomic E-state index is -1.81. The predicted molar refractivity (Wildman–Crippen MR) is 144 cm³/mol. The molecule has 10 heteroatoms. The highest BCUT2D eigenvalue weighted by Gasteiger charge is 2.36. The molecule has 36 heavy (non-hydrogen) atoms. The first-order chi connectivity index (χ1) is 16.9. The van der Waals surface area contributed by atoms with Crippen molar-refractivity contribution >= 4 is 36.0 Å². The van der Waals surface area contributed by atoms with E-state index in [1.165, 1.54) is 10.4 Å². The van der Waals surface area contributed by atoms with Gasteiger partial charge in [-0.3, -0.25) is 4.85 Å². The van der Waals surface area contributed by atoms with E-state index in [0.29, 0.717) is 12.3 Å². The maximum atomic E-state index is 12.1. The number of aromatic nitrogens is 2. The number of nitrogens with one attached hydrogen (secondary N) is 1. The van der Waals surface area contributed by atoms with Crippen molar-refractivity contribution in [3.8, 4) is 5.88 Å². The normalized spacial score (nSPS) is 23.1. The number of carbonyl (C=O) groups is 1. The van der Waals surface area contributed by atoms with E-state index < -0.39 is 20.1 Å². The Bertz CT molecular complexity index is 1130. The van der Waals surface area contributed by atoms with E-state index in [9.17, 15) is 4.79 Å². The second-order valence-corrected chi connectivity index (χ2v) is 17.4. The van der Waals surface area contributed by atoms with Gasteiger partial charge in [0.2, 0.25) is 5.88 Å². The van der Waals surface area contributed by atoms with E-state index in [1.54, 1.807) is 17.7 Å². The van der Waals surface area contributed by atoms with Crippen LogP contribution in [0.1, 0.15) is 75.7 Å². The first-order valence-corrected chi connectivity index (χ1v) is 17.1. The van der Waals surface area contributed by atoms with Crippen LogP contribution in [-0.4, -0.2) is 48.4 Å². The van der Waals surface area contributed by atoms with E-state index in [2.05, 4.69) is 39.8 Å². The van der Waals surface area contributed by atoms with Crippen LogP contribution in [0.5, 0.6) is 5.88 Å². The SMILES string of the molecule is [C-]#[N+]C(C[C@H]1CCc2sc3ncnc(OC4CCC(NC(=O)OC(C)(C)C)CC4)c3c21)O[Si](C)(C)C. The van der Waals surface area contributed by atoms with Crippen molar-refractivity contribution in [1.82, 2.24) is 15.3 Å². The molecule has 4 rings (SSSR count). The summed E-state index contributed by atoms with van der Waals surface area (Å²) >= 11 is 1.72. The fraction of sp³-hybridized carbons (Fsp3) is 0.692. The van der Waals surface area contributed by atoms with Gasteiger partial charge in [-0.2, -0.15) is 0 Å². The van der Waals surface area contributed by atoms with Gasteiger partial charge in [0.1, 0.15) is 22.9 Å². The Morgan fingerprint density at radius 1 is 1.22 bits per heavy atom. The molecule has 0 radical (unpaired) electrons. The van der Waals surface area contributed by atoms with E-state index in [1.807, 2.05) is 20.8 Å². The number of hydrogen-bond acceptors (Lipinski definition) is 7. The zero-order chi connectivity index (χ0) is 26.1. The van der Waals surface area contributed by atoms with Crippen LogP contribution < -0.4 is 10.1 Å². The zero-order valence-corrected chi connectivity index (χ0v) is 24.0. The van der Waals surface area contributed by atoms with Gasteiger partial charge in [-0.25, -0.2) is 21.3 Å². The molecule has 1 unspecified atom stereocenters. The molecule has 0 aromatic carbocycles. The predicted octanol–water partition coefficient (Wildman–Crippen LogP) is 6.42. The smallest absolute Gasteiger partial charge is 0.407 e. The highest BCUT2D eigenvalue weighted by molar-refractivity contribution is 7.19. The summed E-state index contributed by atoms with van der Waals surface area (Å²) in [6, 6.07) is 0.0943. The van der Waals surface area contributed by atoms with E-state index in [4.69, 9.17) is 20.5 Å². The fourth-order valence-corrected chi connectivity index (χ4v) is 7.30. The molecule has 0 aliphatic heterocycles. The number of thiophene rings is 1. The molecule has 2 aromatic rings. The molecule has 0 spiro atoms. The van der Waals surface area contributed by atoms with Crippen molar-refractivity contribution in [2.75, 3.05) is 0 Å². The standard InChI is InChI=1S/C26H38N4O4SSi/c1-26(2,3)33-25(31)30-17-9-11-18(12-10-17)32-23-22-21-16(14-20(27-4)34-36(5,6)7)8-13-19(21)35-24(22)29-15-28-23/h15-18,20H,8-14H2,1-3,5-7H3,(H,30,31)/t16-,17?,18?,20?/m1/s1. The number of rotatable bonds is 7. The molecule has 196 valence electrons. The van der Waals surface area contributed by atoms with E-state index in [0.717, 1.165) is 48.7 Å². The maximum Gasteiger partial charge on any atom is 0.407 e. The lowest BCUT2D eigenvalue weighted by atomic mass is 9.93. The summed E-state index contributed by atoms with van der Waals surface area (Å²) in [5.41, 5.74) is 0.760. The van der Waals surface area contributed by atoms with Gasteiger partial charge in [-0.1, -0.05) is 0 Å². The van der Waals surface area contributed by atoms with Gasteiger partial charge in [0.25, 0.3) is 0 Å². The molecule has 1 N–H and O–H groups in total. The van der Waals surface area contributed by atoms with Crippen molar-refractivity contribution in [2.45, 2.75) is 115 Å². The number of hydrogen-bond donors (Lipinski definition) is 1. The minimum Gasteiger partial charge on any atom is -0.474 e. The number of fused-ring (bicyclic) bond motifs is 3. The van der Waals surface area contributed by atoms with E-state index in [-0.39, 0.29) is 24.2 Å². The lowest BCUT2D eigenvalue weighted by molar-refractivity contribution is 0.0470. The average Bonchev–Trinajstić information content (AvgIpc) is 3.32. The van der Waals surface area contributed by atoms with Crippen LogP contribution in [0.2, 0.25) is 19.6 Å². The van der Waals surface area contributed by atoms with Gasteiger partial charge >= 0.3 is 12.3 Å². The summed E-state index contributed by atoms with van der Waals surface area (Å²) < 4.78 is 18.0. The summed E-state index contributed by atoms with van der Waals surface area (Å²) in [5.74, 6) is 0.907. The molecule has 0 bridgehead atoms. The quantitative estimate of drug-likeness (QED) is 0.328. The number of nitrogens with zero attached hydrogens (tertiary/aromatic N) is 3. The number of ether oxygens (including phenoxy) is 2. The summed E-state index contributed by atoms with van der Waals surface area (Å²) in [6.45, 7) is 19.7. The molecular formula is C26H38N4O4SSi. The second kappa shape index (κ2) is 10.6. The summed E-state index contributed by atoms with van der Waals surface area (Å²) in [6.07, 6.45) is 6.93. The molecule has 1 fully saturated rings. The summed E-state index contributed by atoms with van der Waals surface area (Å²) in [4.78, 5) is 27.3. The third kappa shape index (κ3) is 6.75. The first-order valence-electron chi connectivity index (χ1n) is 12.9. The number of amides is 1. The van der Waals surface area contributed by atoms with Crippen molar-refractivity contribution in [1.29, 1.82) is 0 Å². The lowest BCUT2D eigenvalue weighted by Crippen LogP contribution is -2.42. The molecule has 2 atom stereocenters. The van der Waals surface area contributed by atoms with Gasteiger partial charge in [0, 0.05) is 10.9 Å². The third-order valence-corrected chi connectivity index (χ3v) is 8.64. The van der Waals surface area contributed by atoms with Crippen LogP contribution in [0.25, 0.3) is 15.1 Å². The second-order valence-electron chi connectivity index (χ2n) is 11.8. The van der Waals surface area contributed by atoms with Gasteiger partial charge in [-0.05, 0) is 90.4 Å². The molecule has 0 saturated heterocycles. The highest BCUT2D eigenvalue weighted by Crippen LogP contribution is 2.48. The monoisotopic (exact) mass is 530 g/mol. The van der Waals surface area contributed by atoms with Crippen molar-refractivity contribution in [3.63, 3.8) is 0 Å². The lowest BCUT2D eigenvalue weighted by Gasteiger charge is -2.30. The fourth-order valence-electron chi connectivity index (χ4n) is 5.10. The topological polar surface area (TPSA) is 86.9 Å². The Balaban J connectivity index is 1.44. The molecule has 8 nitrogen and oxygen atoms in total. The molecule has 1 amide bonds. The Kier molecular flexibility index (Phi) is 7.93. The number of carbonyl (C=O) groups excluding carboxylic acids is 1. The molecular weight excluding hydrogens is 492 g/mol. The maximum absolute atomic E-state index is 12.1. The summed E-state index contributed by atoms with van der Waals surface area (Å²) in [5, 5.41) is 4.01. The van der Waals surface area contributed by atoms with Gasteiger partial charge in [0.15, 0.2) is 8.32 Å². The highest BCUT2D eigenvalue weighted by atomic mass is 32.1. The molecule has 2 aliphatic rings. The number of aryl methyl sites for hydroxylation is 1. The Hall–Kier alpha value is -2.22. The average molecular weight is 531 g/mol. The van der Waals surface area contributed by atoms with Crippen molar-refractivity contribution in [3.05, 3.63) is 28.2 Å². The van der Waals surface area contributed by atoms with Crippen LogP contribution in [0.15, 0.2) is 6.33 Å². The molecule has 2 heterocycles. The van der Waals surface area contributed by atoms with Gasteiger partial charge < -0.3 is 19.2 Å². The van der Waals surface area contributed by atoms with E-state index >= 15 is 0 Å². The van der Waals surface area contributed by atoms with Crippen LogP contribution in [0.3, 0.4) is 0 Å². The van der Waals surface area contributed by atoms with Crippen LogP contribution in [0, 0.1) is 6.57 Å². The molecule has 2 aromatic heterocycles. The molecule has 2 aliphatic carbocycles. The van der Waals surface area contributed by atoms with Crippen LogP contribution >= 0.6 is 11.3 Å². The van der Waals surface area contributed by atoms with Crippen LogP contribution in [-0.2, 0) is 15.6 Å². The van der Waals surface area contributed by atoms with Crippen LogP contribution in [0.4, 0.5) is 4.79 Å². The van der Waals surface area contributed by atoms with Crippen molar-refractivity contribution in [2.24, 2.45) is 0 Å². The zero-order valence-electron chi connectivity index (χ0n) is 22.2. The summed E-state index contributed by atoms with van der Waals surface area (Å²) in [7, 11) is -1.81. The Morgan fingerprint density at radius 2 is 1.94 bits per heavy atom. The first kappa shape index (κ1) is 26.8. The molecule has 1 saturated carbocycles. The van der Waals surface area contributed by atoms with Gasteiger partial charge in [-0.15, -0.1) is 11.3 Å². The Morgan fingerprint density at radius 3 is 2.58 bits per heavy atom. The third-order valence-electron chi connectivity index (χ3n) is 6.49. The van der Waals surface area contributed by atoms with Crippen molar-refractivity contribution < 1.29 is 18.7 Å². The Labute approximate surface area is 219 Å². The number of alkyl carbamates (subject to hydrolysis) is 1. The minimum absolute atomic E-state index is 0.0430. The largest absolute Gasteiger partial charge is 0.474 e. The van der Waals surface area contributed by atoms with Gasteiger partial charge in [0.05, 0.1) is 11.8 Å².